The number of hydrogen-bond donors (Lipinski definition) is 1. The Morgan fingerprint density at radius 2 is 1.73 bits per heavy atom. The van der Waals surface area contributed by atoms with Gasteiger partial charge in [-0.25, -0.2) is 8.78 Å². The van der Waals surface area contributed by atoms with Gasteiger partial charge in [0.25, 0.3) is 0 Å². The number of methoxy groups -OCH3 is 1. The third kappa shape index (κ3) is 10.3. The van der Waals surface area contributed by atoms with Gasteiger partial charge in [-0.1, -0.05) is 94.0 Å². The predicted octanol–water partition coefficient (Wildman–Crippen LogP) is 11.2. The van der Waals surface area contributed by atoms with E-state index in [-0.39, 0.29) is 37.4 Å². The molecule has 0 aliphatic heterocycles. The molecule has 3 nitrogen and oxygen atoms in total. The molecule has 0 heterocycles. The Labute approximate surface area is 271 Å². The standard InChI is InChI=1S/C38H49F2NO2.C2H6/c1-8-37(6,40)32-19-27(2)20-33(21-32)38(24-30-13-11-9-10-12-14-30,31-16-15-29(4)35(22-31)43-7)25-34(42)17-18-36(5,39)23-28(3)26-41;1-2/h9,11-16,19-22,26,28,41H,8,10,17-18,23-25H2,1-7H3;1-2H3/t28-,36?,37?,38+;/m0./s1. The van der Waals surface area contributed by atoms with Crippen LogP contribution < -0.4 is 4.74 Å². The molecular formula is C40H55F2NO2. The van der Waals surface area contributed by atoms with Crippen LogP contribution in [0.25, 0.3) is 0 Å². The highest BCUT2D eigenvalue weighted by atomic mass is 19.1. The predicted molar refractivity (Wildman–Crippen MR) is 186 cm³/mol. The van der Waals surface area contributed by atoms with Crippen molar-refractivity contribution in [3.8, 4) is 5.75 Å². The van der Waals surface area contributed by atoms with Crippen molar-refractivity contribution in [3.63, 3.8) is 0 Å². The second-order valence-electron chi connectivity index (χ2n) is 12.9. The summed E-state index contributed by atoms with van der Waals surface area (Å²) in [6.07, 6.45) is 13.8. The quantitative estimate of drug-likeness (QED) is 0.202. The SMILES string of the molecule is CC.CCC(C)(F)c1cc(C)cc([C@@](CC(=O)CCC(C)(F)C[C@H](C)C=N)(CC2=CC=CCC=C2)c2ccc(C)c(OC)c2)c1. The minimum atomic E-state index is -1.56. The van der Waals surface area contributed by atoms with Crippen molar-refractivity contribution < 1.29 is 18.3 Å². The lowest BCUT2D eigenvalue weighted by molar-refractivity contribution is -0.120. The molecule has 1 aliphatic rings. The van der Waals surface area contributed by atoms with E-state index in [0.29, 0.717) is 24.2 Å². The summed E-state index contributed by atoms with van der Waals surface area (Å²) in [6, 6.07) is 11.9. The fourth-order valence-electron chi connectivity index (χ4n) is 6.07. The number of rotatable bonds is 15. The van der Waals surface area contributed by atoms with E-state index in [4.69, 9.17) is 10.1 Å². The number of aryl methyl sites for hydroxylation is 2. The molecule has 2 aromatic carbocycles. The molecule has 1 aliphatic carbocycles. The van der Waals surface area contributed by atoms with Gasteiger partial charge in [-0.2, -0.15) is 0 Å². The van der Waals surface area contributed by atoms with Gasteiger partial charge in [0.15, 0.2) is 0 Å². The van der Waals surface area contributed by atoms with Crippen LogP contribution >= 0.6 is 0 Å². The van der Waals surface area contributed by atoms with E-state index in [9.17, 15) is 4.79 Å². The van der Waals surface area contributed by atoms with Crippen molar-refractivity contribution in [3.05, 3.63) is 100 Å². The first kappa shape index (κ1) is 37.8. The zero-order valence-corrected chi connectivity index (χ0v) is 29.0. The maximum absolute atomic E-state index is 15.9. The molecular weight excluding hydrogens is 564 g/mol. The van der Waals surface area contributed by atoms with Gasteiger partial charge in [0.2, 0.25) is 0 Å². The Balaban J connectivity index is 0.00000345. The first-order chi connectivity index (χ1) is 21.2. The number of nitrogens with one attached hydrogen (secondary N) is 1. The van der Waals surface area contributed by atoms with E-state index in [1.54, 1.807) is 14.0 Å². The maximum Gasteiger partial charge on any atom is 0.134 e. The summed E-state index contributed by atoms with van der Waals surface area (Å²) in [5.41, 5.74) is 1.35. The fourth-order valence-corrected chi connectivity index (χ4v) is 6.07. The monoisotopic (exact) mass is 619 g/mol. The molecule has 0 saturated heterocycles. The Morgan fingerprint density at radius 3 is 2.38 bits per heavy atom. The second-order valence-corrected chi connectivity index (χ2v) is 12.9. The van der Waals surface area contributed by atoms with Gasteiger partial charge in [0.1, 0.15) is 22.9 Å². The van der Waals surface area contributed by atoms with Gasteiger partial charge < -0.3 is 10.1 Å². The Morgan fingerprint density at radius 1 is 1.04 bits per heavy atom. The number of ketones is 1. The molecule has 0 aromatic heterocycles. The highest BCUT2D eigenvalue weighted by Gasteiger charge is 2.39. The smallest absolute Gasteiger partial charge is 0.134 e. The molecule has 0 spiro atoms. The van der Waals surface area contributed by atoms with Crippen LogP contribution in [0.2, 0.25) is 0 Å². The molecule has 4 atom stereocenters. The summed E-state index contributed by atoms with van der Waals surface area (Å²) in [7, 11) is 1.64. The molecule has 246 valence electrons. The minimum Gasteiger partial charge on any atom is -0.496 e. The summed E-state index contributed by atoms with van der Waals surface area (Å²) in [5.74, 6) is 0.458. The average Bonchev–Trinajstić information content (AvgIpc) is 3.29. The van der Waals surface area contributed by atoms with E-state index in [2.05, 4.69) is 30.4 Å². The van der Waals surface area contributed by atoms with E-state index in [0.717, 1.165) is 34.2 Å². The molecule has 0 fully saturated rings. The van der Waals surface area contributed by atoms with Crippen LogP contribution in [0, 0.1) is 25.2 Å². The first-order valence-corrected chi connectivity index (χ1v) is 16.5. The lowest BCUT2D eigenvalue weighted by Crippen LogP contribution is -2.33. The minimum absolute atomic E-state index is 0.0544. The zero-order valence-electron chi connectivity index (χ0n) is 29.0. The number of hydrogen-bond acceptors (Lipinski definition) is 3. The van der Waals surface area contributed by atoms with Gasteiger partial charge in [-0.3, -0.25) is 4.79 Å². The van der Waals surface area contributed by atoms with E-state index < -0.39 is 16.8 Å². The van der Waals surface area contributed by atoms with Crippen LogP contribution in [0.15, 0.2) is 72.4 Å². The van der Waals surface area contributed by atoms with Gasteiger partial charge in [-0.05, 0) is 106 Å². The van der Waals surface area contributed by atoms with E-state index in [1.807, 2.05) is 78.0 Å². The molecule has 0 bridgehead atoms. The zero-order chi connectivity index (χ0) is 33.8. The molecule has 3 rings (SSSR count). The Bertz CT molecular complexity index is 1380. The Hall–Kier alpha value is -3.34. The lowest BCUT2D eigenvalue weighted by Gasteiger charge is -2.37. The van der Waals surface area contributed by atoms with Crippen molar-refractivity contribution in [1.82, 2.24) is 0 Å². The molecule has 2 aromatic rings. The van der Waals surface area contributed by atoms with Crippen LogP contribution in [-0.2, 0) is 15.9 Å². The van der Waals surface area contributed by atoms with E-state index in [1.165, 1.54) is 13.1 Å². The number of alkyl halides is 2. The second kappa shape index (κ2) is 16.8. The number of ether oxygens (including phenoxy) is 1. The number of allylic oxidation sites excluding steroid dienone is 6. The van der Waals surface area contributed by atoms with Gasteiger partial charge in [0.05, 0.1) is 7.11 Å². The van der Waals surface area contributed by atoms with Crippen LogP contribution in [-0.4, -0.2) is 24.8 Å². The number of carbonyl (C=O) groups is 1. The molecule has 0 saturated carbocycles. The van der Waals surface area contributed by atoms with Crippen molar-refractivity contribution in [2.45, 2.75) is 117 Å². The summed E-state index contributed by atoms with van der Waals surface area (Å²) in [5, 5.41) is 7.48. The summed E-state index contributed by atoms with van der Waals surface area (Å²) in [6.45, 7) is 14.7. The van der Waals surface area contributed by atoms with Gasteiger partial charge in [-0.15, -0.1) is 0 Å². The summed E-state index contributed by atoms with van der Waals surface area (Å²) < 4.78 is 37.1. The van der Waals surface area contributed by atoms with E-state index >= 15 is 8.78 Å². The lowest BCUT2D eigenvalue weighted by atomic mass is 9.65. The van der Waals surface area contributed by atoms with Crippen LogP contribution in [0.3, 0.4) is 0 Å². The van der Waals surface area contributed by atoms with Crippen molar-refractivity contribution in [2.75, 3.05) is 7.11 Å². The van der Waals surface area contributed by atoms with Crippen LogP contribution in [0.5, 0.6) is 5.75 Å². The average molecular weight is 620 g/mol. The first-order valence-electron chi connectivity index (χ1n) is 16.5. The van der Waals surface area contributed by atoms with Crippen molar-refractivity contribution >= 4 is 12.0 Å². The van der Waals surface area contributed by atoms with Crippen molar-refractivity contribution in [1.29, 1.82) is 5.41 Å². The van der Waals surface area contributed by atoms with Crippen molar-refractivity contribution in [2.24, 2.45) is 5.92 Å². The summed E-state index contributed by atoms with van der Waals surface area (Å²) in [4.78, 5) is 14.0. The third-order valence-electron chi connectivity index (χ3n) is 8.87. The van der Waals surface area contributed by atoms with Gasteiger partial charge >= 0.3 is 0 Å². The number of Topliss-reactive ketones (excluding diaryl/α,β-unsaturated/α-hetero) is 1. The van der Waals surface area contributed by atoms with Crippen LogP contribution in [0.1, 0.15) is 114 Å². The molecule has 0 radical (unpaired) electrons. The molecule has 5 heteroatoms. The molecule has 1 N–H and O–H groups in total. The third-order valence-corrected chi connectivity index (χ3v) is 8.87. The van der Waals surface area contributed by atoms with Gasteiger partial charge in [0, 0.05) is 18.3 Å². The molecule has 45 heavy (non-hydrogen) atoms. The summed E-state index contributed by atoms with van der Waals surface area (Å²) >= 11 is 0. The molecule has 2 unspecified atom stereocenters. The van der Waals surface area contributed by atoms with Crippen LogP contribution in [0.4, 0.5) is 8.78 Å². The Kier molecular flexibility index (Phi) is 14.1. The highest BCUT2D eigenvalue weighted by molar-refractivity contribution is 5.81. The maximum atomic E-state index is 15.9. The fraction of sp³-hybridized carbons (Fsp3) is 0.500. The number of carbonyl (C=O) groups excluding carboxylic acids is 1. The largest absolute Gasteiger partial charge is 0.496 e. The topological polar surface area (TPSA) is 50.2 Å². The normalized spacial score (nSPS) is 17.4. The molecule has 0 amide bonds. The number of halogens is 2. The highest BCUT2D eigenvalue weighted by Crippen LogP contribution is 2.46. The number of benzene rings is 2.